The molecule has 0 saturated carbocycles. The van der Waals surface area contributed by atoms with Crippen LogP contribution in [0.4, 0.5) is 0 Å². The number of fused-ring (bicyclic) bond motifs is 1. The molecule has 0 bridgehead atoms. The molecule has 0 aromatic rings. The van der Waals surface area contributed by atoms with Crippen molar-refractivity contribution in [2.24, 2.45) is 29.1 Å². The molecule has 10 nitrogen and oxygen atoms in total. The number of carbonyl (C=O) groups excluding carboxylic acids is 3. The van der Waals surface area contributed by atoms with Gasteiger partial charge in [0.05, 0.1) is 24.0 Å². The Bertz CT molecular complexity index is 1620. The summed E-state index contributed by atoms with van der Waals surface area (Å²) in [7, 11) is 0. The normalized spacial score (nSPS) is 22.0. The number of amides is 2. The molecule has 0 spiro atoms. The van der Waals surface area contributed by atoms with Gasteiger partial charge in [-0.25, -0.2) is 4.79 Å². The highest BCUT2D eigenvalue weighted by molar-refractivity contribution is 5.83. The van der Waals surface area contributed by atoms with Crippen LogP contribution >= 0.6 is 0 Å². The molecule has 0 aliphatic heterocycles. The minimum absolute atomic E-state index is 0.0175. The predicted molar refractivity (Wildman–Crippen MR) is 255 cm³/mol. The van der Waals surface area contributed by atoms with Gasteiger partial charge in [-0.05, 0) is 133 Å². The van der Waals surface area contributed by atoms with Crippen molar-refractivity contribution < 1.29 is 39.2 Å². The SMILES string of the molecule is CC/C=C\C/C=C\C/C=C\C/C=C\C/C=C\C/C=C\CCC(=O)NCCCCC(NC(=O)C[C@H](O)C[C@@H](O)CC[C@@H]1C2C(=C[C@H](C)CC2OC(=O)C(C)(C)CC)C=C[C@@H]1C)C(=O)O. The second-order valence-corrected chi connectivity index (χ2v) is 18.1. The zero-order valence-electron chi connectivity index (χ0n) is 39.4. The third-order valence-electron chi connectivity index (χ3n) is 12.1. The Morgan fingerprint density at radius 1 is 0.810 bits per heavy atom. The van der Waals surface area contributed by atoms with Gasteiger partial charge in [0.25, 0.3) is 0 Å². The van der Waals surface area contributed by atoms with E-state index < -0.39 is 35.5 Å². The minimum Gasteiger partial charge on any atom is -0.480 e. The van der Waals surface area contributed by atoms with Crippen LogP contribution in [-0.2, 0) is 23.9 Å². The lowest BCUT2D eigenvalue weighted by Gasteiger charge is -2.44. The summed E-state index contributed by atoms with van der Waals surface area (Å²) < 4.78 is 6.20. The molecule has 2 aliphatic carbocycles. The average molecular weight is 875 g/mol. The Morgan fingerprint density at radius 3 is 1.97 bits per heavy atom. The van der Waals surface area contributed by atoms with E-state index in [-0.39, 0.29) is 60.9 Å². The molecule has 0 saturated heterocycles. The van der Waals surface area contributed by atoms with E-state index in [0.717, 1.165) is 44.9 Å². The van der Waals surface area contributed by atoms with Crippen LogP contribution in [0, 0.1) is 29.1 Å². The molecule has 0 aromatic carbocycles. The van der Waals surface area contributed by atoms with Gasteiger partial charge in [-0.15, -0.1) is 0 Å². The maximum atomic E-state index is 13.1. The summed E-state index contributed by atoms with van der Waals surface area (Å²) in [6.07, 6.45) is 40.1. The highest BCUT2D eigenvalue weighted by atomic mass is 16.5. The number of carbonyl (C=O) groups is 4. The maximum absolute atomic E-state index is 13.1. The van der Waals surface area contributed by atoms with Crippen molar-refractivity contribution in [3.8, 4) is 0 Å². The van der Waals surface area contributed by atoms with Gasteiger partial charge in [0, 0.05) is 18.9 Å². The third kappa shape index (κ3) is 23.3. The lowest BCUT2D eigenvalue weighted by Crippen LogP contribution is -2.43. The van der Waals surface area contributed by atoms with E-state index in [1.54, 1.807) is 0 Å². The van der Waals surface area contributed by atoms with Crippen LogP contribution in [0.5, 0.6) is 0 Å². The van der Waals surface area contributed by atoms with Crippen molar-refractivity contribution in [2.75, 3.05) is 6.54 Å². The van der Waals surface area contributed by atoms with Crippen molar-refractivity contribution in [3.63, 3.8) is 0 Å². The number of aliphatic hydroxyl groups excluding tert-OH is 2. The maximum Gasteiger partial charge on any atom is 0.326 e. The van der Waals surface area contributed by atoms with E-state index in [2.05, 4.69) is 116 Å². The quantitative estimate of drug-likeness (QED) is 0.0261. The second-order valence-electron chi connectivity index (χ2n) is 18.1. The number of unbranched alkanes of at least 4 members (excludes halogenated alkanes) is 1. The fourth-order valence-corrected chi connectivity index (χ4v) is 7.93. The Hall–Kier alpha value is -4.28. The van der Waals surface area contributed by atoms with E-state index in [4.69, 9.17) is 4.74 Å². The number of allylic oxidation sites excluding steroid dienone is 15. The summed E-state index contributed by atoms with van der Waals surface area (Å²) >= 11 is 0. The van der Waals surface area contributed by atoms with Gasteiger partial charge in [0.1, 0.15) is 12.1 Å². The summed E-state index contributed by atoms with van der Waals surface area (Å²) in [5.41, 5.74) is 0.594. The van der Waals surface area contributed by atoms with Crippen molar-refractivity contribution in [2.45, 2.75) is 175 Å². The standard InChI is InChI=1S/C53H82N2O8/c1-7-9-10-11-12-13-14-15-16-17-18-19-20-21-22-23-24-25-26-30-48(58)54-35-28-27-29-46(51(60)61)55-49(59)39-44(57)38-43(56)33-34-45-41(4)31-32-42-36-40(3)37-47(50(42)45)63-52(62)53(5,6)8-2/h9-10,12-13,15-16,18-19,21-22,24-25,31-32,36,40-41,43-47,50,56-57H,7-8,11,14,17,20,23,26-30,33-35,37-39H2,1-6H3,(H,54,58)(H,55,59)(H,60,61)/b10-9-,13-12-,16-15-,19-18-,22-21-,25-24-/t40-,41-,43-,44+,45-,46?,47?,50?/m0/s1. The van der Waals surface area contributed by atoms with Gasteiger partial charge >= 0.3 is 11.9 Å². The zero-order valence-corrected chi connectivity index (χ0v) is 39.4. The number of nitrogens with one attached hydrogen (secondary N) is 2. The Balaban J connectivity index is 1.63. The number of aliphatic carboxylic acids is 1. The molecule has 0 fully saturated rings. The number of hydrogen-bond acceptors (Lipinski definition) is 7. The molecule has 2 rings (SSSR count). The van der Waals surface area contributed by atoms with Crippen LogP contribution in [-0.4, -0.2) is 70.0 Å². The van der Waals surface area contributed by atoms with Crippen molar-refractivity contribution >= 4 is 23.8 Å². The fourth-order valence-electron chi connectivity index (χ4n) is 7.93. The molecule has 0 radical (unpaired) electrons. The first-order chi connectivity index (χ1) is 30.2. The Morgan fingerprint density at radius 2 is 1.40 bits per heavy atom. The Kier molecular flexibility index (Phi) is 27.5. The molecule has 352 valence electrons. The van der Waals surface area contributed by atoms with Crippen LogP contribution in [0.15, 0.2) is 96.7 Å². The highest BCUT2D eigenvalue weighted by Crippen LogP contribution is 2.45. The molecule has 2 aliphatic rings. The van der Waals surface area contributed by atoms with Gasteiger partial charge < -0.3 is 30.7 Å². The molecule has 10 heteroatoms. The summed E-state index contributed by atoms with van der Waals surface area (Å²) in [6, 6.07) is -1.12. The van der Waals surface area contributed by atoms with Crippen molar-refractivity contribution in [1.82, 2.24) is 10.6 Å². The van der Waals surface area contributed by atoms with E-state index in [9.17, 15) is 34.5 Å². The molecule has 3 unspecified atom stereocenters. The number of ether oxygens (including phenoxy) is 1. The van der Waals surface area contributed by atoms with Crippen molar-refractivity contribution in [3.05, 3.63) is 96.7 Å². The summed E-state index contributed by atoms with van der Waals surface area (Å²) in [4.78, 5) is 50.0. The van der Waals surface area contributed by atoms with E-state index in [1.165, 1.54) is 5.57 Å². The predicted octanol–water partition coefficient (Wildman–Crippen LogP) is 10.4. The van der Waals surface area contributed by atoms with E-state index in [0.29, 0.717) is 51.5 Å². The zero-order chi connectivity index (χ0) is 46.5. The number of esters is 1. The molecule has 5 N–H and O–H groups in total. The number of aliphatic hydroxyl groups is 2. The van der Waals surface area contributed by atoms with Gasteiger partial charge in [-0.2, -0.15) is 0 Å². The summed E-state index contributed by atoms with van der Waals surface area (Å²) in [5, 5.41) is 36.7. The lowest BCUT2D eigenvalue weighted by atomic mass is 9.65. The smallest absolute Gasteiger partial charge is 0.326 e. The molecule has 2 amide bonds. The number of hydrogen-bond donors (Lipinski definition) is 5. The molecule has 63 heavy (non-hydrogen) atoms. The summed E-state index contributed by atoms with van der Waals surface area (Å²) in [6.45, 7) is 12.6. The van der Waals surface area contributed by atoms with Crippen LogP contribution < -0.4 is 10.6 Å². The first-order valence-electron chi connectivity index (χ1n) is 23.8. The first kappa shape index (κ1) is 54.9. The van der Waals surface area contributed by atoms with Crippen LogP contribution in [0.1, 0.15) is 151 Å². The average Bonchev–Trinajstić information content (AvgIpc) is 3.23. The van der Waals surface area contributed by atoms with Gasteiger partial charge in [0.15, 0.2) is 0 Å². The topological polar surface area (TPSA) is 162 Å². The van der Waals surface area contributed by atoms with Gasteiger partial charge in [-0.1, -0.05) is 119 Å². The number of carboxylic acid groups (broad SMARTS) is 1. The third-order valence-corrected chi connectivity index (χ3v) is 12.1. The second kappa shape index (κ2) is 31.5. The number of rotatable bonds is 31. The lowest BCUT2D eigenvalue weighted by molar-refractivity contribution is -0.164. The summed E-state index contributed by atoms with van der Waals surface area (Å²) in [5.74, 6) is -1.40. The highest BCUT2D eigenvalue weighted by Gasteiger charge is 2.43. The molecule has 8 atom stereocenters. The van der Waals surface area contributed by atoms with Crippen LogP contribution in [0.25, 0.3) is 0 Å². The number of carboxylic acids is 1. The largest absolute Gasteiger partial charge is 0.480 e. The van der Waals surface area contributed by atoms with Gasteiger partial charge in [-0.3, -0.25) is 14.4 Å². The first-order valence-corrected chi connectivity index (χ1v) is 23.8. The molecular weight excluding hydrogens is 793 g/mol. The molecule has 0 aromatic heterocycles. The fraction of sp³-hybridized carbons (Fsp3) is 0.623. The van der Waals surface area contributed by atoms with E-state index in [1.807, 2.05) is 26.8 Å². The van der Waals surface area contributed by atoms with E-state index >= 15 is 0 Å². The molecule has 0 heterocycles. The Labute approximate surface area is 379 Å². The van der Waals surface area contributed by atoms with Crippen molar-refractivity contribution in [1.29, 1.82) is 0 Å². The van der Waals surface area contributed by atoms with Crippen LogP contribution in [0.2, 0.25) is 0 Å². The van der Waals surface area contributed by atoms with Crippen LogP contribution in [0.3, 0.4) is 0 Å². The monoisotopic (exact) mass is 875 g/mol. The van der Waals surface area contributed by atoms with Gasteiger partial charge in [0.2, 0.25) is 11.8 Å². The minimum atomic E-state index is -1.17. The molecular formula is C53H82N2O8.